The van der Waals surface area contributed by atoms with Gasteiger partial charge in [0.1, 0.15) is 12.1 Å². The summed E-state index contributed by atoms with van der Waals surface area (Å²) in [5.74, 6) is -2.39. The van der Waals surface area contributed by atoms with Crippen LogP contribution >= 0.6 is 0 Å². The lowest BCUT2D eigenvalue weighted by molar-refractivity contribution is -0.144. The van der Waals surface area contributed by atoms with Crippen molar-refractivity contribution >= 4 is 69.5 Å². The van der Waals surface area contributed by atoms with Gasteiger partial charge < -0.3 is 19.6 Å². The molecule has 8 amide bonds. The molecule has 10 rings (SSSR count). The number of carbonyl (C=O) groups excluding carboxylic acids is 8. The molecule has 4 saturated heterocycles. The molecule has 2 atom stereocenters. The second kappa shape index (κ2) is 20.5. The first-order valence-electron chi connectivity index (χ1n) is 25.3. The largest absolute Gasteiger partial charge is 0.341 e. The first-order chi connectivity index (χ1) is 34.6. The van der Waals surface area contributed by atoms with Gasteiger partial charge in [-0.2, -0.15) is 0 Å². The highest BCUT2D eigenvalue weighted by atomic mass is 16.2. The van der Waals surface area contributed by atoms with Crippen LogP contribution in [0.25, 0.3) is 33.4 Å². The summed E-state index contributed by atoms with van der Waals surface area (Å²) in [6.45, 7) is 3.68. The van der Waals surface area contributed by atoms with E-state index in [-0.39, 0.29) is 78.3 Å². The Hall–Kier alpha value is -7.48. The summed E-state index contributed by atoms with van der Waals surface area (Å²) in [5, 5.41) is 0. The van der Waals surface area contributed by atoms with Gasteiger partial charge in [0, 0.05) is 65.2 Å². The Morgan fingerprint density at radius 1 is 0.394 bits per heavy atom. The number of hydrogen-bond acceptors (Lipinski definition) is 8. The molecular weight excluding hydrogens is 897 g/mol. The van der Waals surface area contributed by atoms with Crippen molar-refractivity contribution in [2.75, 3.05) is 52.4 Å². The Balaban J connectivity index is 0.885. The van der Waals surface area contributed by atoms with Crippen molar-refractivity contribution in [1.82, 2.24) is 29.4 Å². The van der Waals surface area contributed by atoms with Crippen LogP contribution in [0.2, 0.25) is 0 Å². The van der Waals surface area contributed by atoms with Crippen LogP contribution in [0, 0.1) is 0 Å². The highest BCUT2D eigenvalue weighted by molar-refractivity contribution is 6.50. The third-order valence-electron chi connectivity index (χ3n) is 15.0. The summed E-state index contributed by atoms with van der Waals surface area (Å²) in [5.41, 5.74) is 4.46. The van der Waals surface area contributed by atoms with Crippen LogP contribution in [0.1, 0.15) is 92.9 Å². The topological polar surface area (TPSA) is 156 Å². The van der Waals surface area contributed by atoms with E-state index in [0.29, 0.717) is 78.8 Å². The number of nitrogens with zero attached hydrogens (tertiary/aromatic N) is 6. The van der Waals surface area contributed by atoms with Crippen molar-refractivity contribution in [2.45, 2.75) is 82.7 Å². The van der Waals surface area contributed by atoms with E-state index in [4.69, 9.17) is 0 Å². The quantitative estimate of drug-likeness (QED) is 0.133. The van der Waals surface area contributed by atoms with Crippen LogP contribution < -0.4 is 0 Å². The molecule has 0 unspecified atom stereocenters. The Bertz CT molecular complexity index is 2860. The summed E-state index contributed by atoms with van der Waals surface area (Å²) < 4.78 is 0. The SMILES string of the molecule is O=C([C@@H]1CCCN1C(=O)CCCN1C(=O)C(c2ccccc2)=C(c2cccc(-c3cccc(C4=C(c5ccccc5)C(=O)N(CCC(=O)N5CCC[C@H]5C(=O)N5CCCC5)C4=O)c3)c2)C1=O)N1CCCC1. The number of hydrogen-bond donors (Lipinski definition) is 0. The molecular formula is C57H58N6O8. The Labute approximate surface area is 413 Å². The van der Waals surface area contributed by atoms with E-state index in [9.17, 15) is 38.4 Å². The summed E-state index contributed by atoms with van der Waals surface area (Å²) in [4.78, 5) is 121. The molecule has 71 heavy (non-hydrogen) atoms. The van der Waals surface area contributed by atoms with Crippen molar-refractivity contribution in [3.8, 4) is 11.1 Å². The van der Waals surface area contributed by atoms with Crippen LogP contribution in [0.5, 0.6) is 0 Å². The minimum atomic E-state index is -0.526. The fourth-order valence-corrected chi connectivity index (χ4v) is 11.4. The molecule has 4 aromatic rings. The minimum Gasteiger partial charge on any atom is -0.341 e. The van der Waals surface area contributed by atoms with Crippen LogP contribution in [0.4, 0.5) is 0 Å². The molecule has 4 fully saturated rings. The molecule has 0 N–H and O–H groups in total. The summed E-state index contributed by atoms with van der Waals surface area (Å²) in [6.07, 6.45) is 6.78. The number of rotatable bonds is 14. The fraction of sp³-hybridized carbons (Fsp3) is 0.368. The van der Waals surface area contributed by atoms with Crippen molar-refractivity contribution in [2.24, 2.45) is 0 Å². The Kier molecular flexibility index (Phi) is 13.6. The van der Waals surface area contributed by atoms with Crippen LogP contribution in [0.15, 0.2) is 109 Å². The van der Waals surface area contributed by atoms with E-state index in [2.05, 4.69) is 0 Å². The number of likely N-dealkylation sites (tertiary alicyclic amines) is 4. The average Bonchev–Trinajstić information content (AvgIpc) is 4.28. The number of carbonyl (C=O) groups is 8. The van der Waals surface area contributed by atoms with Crippen molar-refractivity contribution in [3.63, 3.8) is 0 Å². The maximum atomic E-state index is 14.5. The highest BCUT2D eigenvalue weighted by Crippen LogP contribution is 2.40. The minimum absolute atomic E-state index is 0.0101. The van der Waals surface area contributed by atoms with Gasteiger partial charge in [-0.1, -0.05) is 97.1 Å². The molecule has 14 nitrogen and oxygen atoms in total. The standard InChI is InChI=1S/C57H58N6O8/c64-46(60-32-13-24-44(60)52(66)58-28-7-8-29-58)26-15-34-62-54(68)48(38-16-3-1-4-17-38)50(56(62)70)42-22-11-20-40(36-42)41-21-12-23-43(37-41)51-49(39-18-5-2-6-19-39)55(69)63(57(51)71)35-27-47(65)61-33-14-25-45(61)53(67)59-30-9-10-31-59/h1-6,11-12,16-23,36-37,44-45H,7-10,13-15,24-35H2/t44-,45-/m0/s1. The number of imide groups is 2. The molecule has 14 heteroatoms. The predicted octanol–water partition coefficient (Wildman–Crippen LogP) is 6.31. The maximum absolute atomic E-state index is 14.5. The van der Waals surface area contributed by atoms with E-state index in [1.165, 1.54) is 4.90 Å². The van der Waals surface area contributed by atoms with Gasteiger partial charge in [-0.15, -0.1) is 0 Å². The van der Waals surface area contributed by atoms with Gasteiger partial charge in [-0.05, 0) is 103 Å². The van der Waals surface area contributed by atoms with E-state index < -0.39 is 35.7 Å². The third-order valence-corrected chi connectivity index (χ3v) is 15.0. The van der Waals surface area contributed by atoms with Crippen LogP contribution in [-0.4, -0.2) is 141 Å². The van der Waals surface area contributed by atoms with Gasteiger partial charge in [0.05, 0.1) is 22.3 Å². The second-order valence-electron chi connectivity index (χ2n) is 19.3. The average molecular weight is 955 g/mol. The highest BCUT2D eigenvalue weighted by Gasteiger charge is 2.43. The van der Waals surface area contributed by atoms with E-state index >= 15 is 0 Å². The van der Waals surface area contributed by atoms with E-state index in [0.717, 1.165) is 50.1 Å². The summed E-state index contributed by atoms with van der Waals surface area (Å²) >= 11 is 0. The van der Waals surface area contributed by atoms with Crippen LogP contribution in [-0.2, 0) is 38.4 Å². The summed E-state index contributed by atoms with van der Waals surface area (Å²) in [6, 6.07) is 31.6. The third kappa shape index (κ3) is 9.23. The molecule has 6 heterocycles. The van der Waals surface area contributed by atoms with Crippen molar-refractivity contribution in [3.05, 3.63) is 131 Å². The predicted molar refractivity (Wildman–Crippen MR) is 267 cm³/mol. The van der Waals surface area contributed by atoms with Crippen LogP contribution in [0.3, 0.4) is 0 Å². The molecule has 0 bridgehead atoms. The molecule has 0 aromatic heterocycles. The molecule has 0 radical (unpaired) electrons. The number of amides is 8. The zero-order valence-electron chi connectivity index (χ0n) is 39.9. The molecule has 4 aromatic carbocycles. The summed E-state index contributed by atoms with van der Waals surface area (Å²) in [7, 11) is 0. The zero-order chi connectivity index (χ0) is 49.2. The lowest BCUT2D eigenvalue weighted by Gasteiger charge is -2.28. The number of benzene rings is 4. The lowest BCUT2D eigenvalue weighted by Crippen LogP contribution is -2.47. The molecule has 364 valence electrons. The second-order valence-corrected chi connectivity index (χ2v) is 19.3. The Morgan fingerprint density at radius 3 is 1.20 bits per heavy atom. The monoisotopic (exact) mass is 954 g/mol. The normalized spacial score (nSPS) is 20.5. The van der Waals surface area contributed by atoms with Gasteiger partial charge in [0.15, 0.2) is 0 Å². The zero-order valence-corrected chi connectivity index (χ0v) is 39.9. The first-order valence-corrected chi connectivity index (χ1v) is 25.3. The van der Waals surface area contributed by atoms with E-state index in [1.54, 1.807) is 64.4 Å². The maximum Gasteiger partial charge on any atom is 0.262 e. The van der Waals surface area contributed by atoms with Gasteiger partial charge in [0.2, 0.25) is 23.6 Å². The van der Waals surface area contributed by atoms with Gasteiger partial charge >= 0.3 is 0 Å². The van der Waals surface area contributed by atoms with E-state index in [1.807, 2.05) is 64.4 Å². The smallest absolute Gasteiger partial charge is 0.262 e. The molecule has 0 spiro atoms. The molecule has 6 aliphatic rings. The lowest BCUT2D eigenvalue weighted by atomic mass is 9.92. The molecule has 6 aliphatic heterocycles. The van der Waals surface area contributed by atoms with Gasteiger partial charge in [-0.25, -0.2) is 0 Å². The van der Waals surface area contributed by atoms with Crippen molar-refractivity contribution in [1.29, 1.82) is 0 Å². The first kappa shape index (κ1) is 47.2. The molecule has 0 saturated carbocycles. The van der Waals surface area contributed by atoms with Gasteiger partial charge in [0.25, 0.3) is 23.6 Å². The molecule has 0 aliphatic carbocycles. The Morgan fingerprint density at radius 2 is 0.761 bits per heavy atom. The van der Waals surface area contributed by atoms with Gasteiger partial charge in [-0.3, -0.25) is 48.2 Å². The van der Waals surface area contributed by atoms with Crippen molar-refractivity contribution < 1.29 is 38.4 Å². The fourth-order valence-electron chi connectivity index (χ4n) is 11.4.